The molecule has 0 amide bonds. The molecule has 0 radical (unpaired) electrons. The third kappa shape index (κ3) is 8.81. The number of carbonyl (C=O) groups is 2. The predicted molar refractivity (Wildman–Crippen MR) is 89.5 cm³/mol. The van der Waals surface area contributed by atoms with Crippen LogP contribution in [0.3, 0.4) is 0 Å². The third-order valence-electron chi connectivity index (χ3n) is 3.46. The summed E-state index contributed by atoms with van der Waals surface area (Å²) in [6.07, 6.45) is 4.13. The Labute approximate surface area is 169 Å². The molecule has 0 fully saturated rings. The topological polar surface area (TPSA) is 80.3 Å². The van der Waals surface area contributed by atoms with E-state index >= 15 is 0 Å². The number of benzene rings is 2. The molecule has 0 bridgehead atoms. The van der Waals surface area contributed by atoms with Gasteiger partial charge in [0.05, 0.1) is 11.9 Å². The van der Waals surface area contributed by atoms with Crippen molar-refractivity contribution in [3.8, 4) is 0 Å². The quantitative estimate of drug-likeness (QED) is 0.646. The minimum absolute atomic E-state index is 0. The van der Waals surface area contributed by atoms with Crippen molar-refractivity contribution >= 4 is 11.9 Å². The van der Waals surface area contributed by atoms with E-state index in [0.29, 0.717) is 0 Å². The van der Waals surface area contributed by atoms with E-state index in [1.165, 1.54) is 11.1 Å². The first-order valence-electron chi connectivity index (χ1n) is 8.08. The maximum atomic E-state index is 10.4. The van der Waals surface area contributed by atoms with Gasteiger partial charge in [0, 0.05) is 0 Å². The molecule has 0 N–H and O–H groups in total. The summed E-state index contributed by atoms with van der Waals surface area (Å²) in [6.45, 7) is 4.18. The number of carbonyl (C=O) groups excluding carboxylic acids is 2. The fourth-order valence-electron chi connectivity index (χ4n) is 2.19. The summed E-state index contributed by atoms with van der Waals surface area (Å²) < 4.78 is 0. The standard InChI is InChI=1S/2C10H12O2.Cd/c2*1-2-3-8-4-6-9(7-5-8)10(11)12;/h2*4-7H,2-3H2,1H3,(H,11,12);/q;;+2/p-2. The zero-order chi connectivity index (χ0) is 17.9. The predicted octanol–water partition coefficient (Wildman–Crippen LogP) is 2.00. The summed E-state index contributed by atoms with van der Waals surface area (Å²) in [6, 6.07) is 13.6. The molecule has 128 valence electrons. The first-order valence-corrected chi connectivity index (χ1v) is 8.08. The number of aromatic carboxylic acids is 2. The number of aryl methyl sites for hydroxylation is 2. The normalized spacial score (nSPS) is 9.36. The van der Waals surface area contributed by atoms with E-state index in [1.54, 1.807) is 24.3 Å². The molecule has 2 rings (SSSR count). The van der Waals surface area contributed by atoms with E-state index < -0.39 is 11.9 Å². The Hall–Kier alpha value is -1.70. The molecular formula is C20H22CdO4. The van der Waals surface area contributed by atoms with Crippen molar-refractivity contribution in [2.45, 2.75) is 39.5 Å². The Morgan fingerprint density at radius 1 is 0.680 bits per heavy atom. The number of hydrogen-bond donors (Lipinski definition) is 0. The van der Waals surface area contributed by atoms with Crippen LogP contribution in [0.5, 0.6) is 0 Å². The SMILES string of the molecule is CCCc1ccc(C(=O)[O-])cc1.CCCc1ccc(C(=O)[O-])cc1.[Cd+2]. The minimum atomic E-state index is -1.11. The molecular weight excluding hydrogens is 417 g/mol. The van der Waals surface area contributed by atoms with Gasteiger partial charge in [-0.05, 0) is 35.1 Å². The molecule has 0 atom stereocenters. The summed E-state index contributed by atoms with van der Waals surface area (Å²) in [5.41, 5.74) is 2.83. The Balaban J connectivity index is 0.000000443. The van der Waals surface area contributed by atoms with E-state index in [1.807, 2.05) is 24.3 Å². The first-order chi connectivity index (χ1) is 11.5. The first kappa shape index (κ1) is 23.3. The molecule has 0 aliphatic heterocycles. The van der Waals surface area contributed by atoms with Crippen molar-refractivity contribution in [3.63, 3.8) is 0 Å². The van der Waals surface area contributed by atoms with Crippen LogP contribution in [0.25, 0.3) is 0 Å². The molecule has 0 saturated carbocycles. The number of rotatable bonds is 6. The van der Waals surface area contributed by atoms with Gasteiger partial charge in [0.2, 0.25) is 0 Å². The Kier molecular flexibility index (Phi) is 11.8. The summed E-state index contributed by atoms with van der Waals surface area (Å²) in [5, 5.41) is 20.7. The largest absolute Gasteiger partial charge is 2.00 e. The van der Waals surface area contributed by atoms with Gasteiger partial charge in [0.15, 0.2) is 0 Å². The van der Waals surface area contributed by atoms with Crippen LogP contribution >= 0.6 is 0 Å². The van der Waals surface area contributed by atoms with E-state index in [-0.39, 0.29) is 38.4 Å². The molecule has 2 aromatic rings. The summed E-state index contributed by atoms with van der Waals surface area (Å²) in [4.78, 5) is 20.7. The average Bonchev–Trinajstić information content (AvgIpc) is 2.57. The van der Waals surface area contributed by atoms with E-state index in [2.05, 4.69) is 13.8 Å². The molecule has 0 saturated heterocycles. The van der Waals surface area contributed by atoms with Gasteiger partial charge in [-0.2, -0.15) is 0 Å². The molecule has 0 aliphatic carbocycles. The molecule has 0 unspecified atom stereocenters. The zero-order valence-electron chi connectivity index (χ0n) is 14.8. The van der Waals surface area contributed by atoms with Crippen LogP contribution in [-0.2, 0) is 40.1 Å². The second-order valence-corrected chi connectivity index (χ2v) is 5.47. The Morgan fingerprint density at radius 3 is 1.16 bits per heavy atom. The van der Waals surface area contributed by atoms with Crippen LogP contribution in [0.15, 0.2) is 48.5 Å². The number of carboxylic acids is 2. The van der Waals surface area contributed by atoms with Crippen LogP contribution in [-0.4, -0.2) is 11.9 Å². The van der Waals surface area contributed by atoms with Gasteiger partial charge in [-0.3, -0.25) is 0 Å². The second kappa shape index (κ2) is 12.6. The van der Waals surface area contributed by atoms with Crippen molar-refractivity contribution in [3.05, 3.63) is 70.8 Å². The van der Waals surface area contributed by atoms with Crippen LogP contribution in [0.1, 0.15) is 58.5 Å². The summed E-state index contributed by atoms with van der Waals surface area (Å²) in [5.74, 6) is -2.23. The van der Waals surface area contributed by atoms with Gasteiger partial charge in [-0.1, -0.05) is 75.2 Å². The van der Waals surface area contributed by atoms with Gasteiger partial charge >= 0.3 is 27.3 Å². The van der Waals surface area contributed by atoms with Gasteiger partial charge in [-0.15, -0.1) is 0 Å². The molecule has 5 heteroatoms. The van der Waals surface area contributed by atoms with Gasteiger partial charge < -0.3 is 19.8 Å². The van der Waals surface area contributed by atoms with Crippen LogP contribution in [0.2, 0.25) is 0 Å². The average molecular weight is 439 g/mol. The molecule has 0 spiro atoms. The Bertz CT molecular complexity index is 589. The van der Waals surface area contributed by atoms with Crippen LogP contribution < -0.4 is 10.2 Å². The molecule has 0 heterocycles. The van der Waals surface area contributed by atoms with Gasteiger partial charge in [-0.25, -0.2) is 0 Å². The van der Waals surface area contributed by atoms with Crippen molar-refractivity contribution in [1.82, 2.24) is 0 Å². The maximum Gasteiger partial charge on any atom is 2.00 e. The third-order valence-corrected chi connectivity index (χ3v) is 3.46. The second-order valence-electron chi connectivity index (χ2n) is 5.47. The fraction of sp³-hybridized carbons (Fsp3) is 0.300. The fourth-order valence-corrected chi connectivity index (χ4v) is 2.19. The monoisotopic (exact) mass is 440 g/mol. The minimum Gasteiger partial charge on any atom is -0.545 e. The molecule has 2 aromatic carbocycles. The van der Waals surface area contributed by atoms with Crippen molar-refractivity contribution in [2.24, 2.45) is 0 Å². The van der Waals surface area contributed by atoms with Gasteiger partial charge in [0.25, 0.3) is 0 Å². The summed E-state index contributed by atoms with van der Waals surface area (Å²) >= 11 is 0. The summed E-state index contributed by atoms with van der Waals surface area (Å²) in [7, 11) is 0. The van der Waals surface area contributed by atoms with Crippen molar-refractivity contribution < 1.29 is 47.1 Å². The van der Waals surface area contributed by atoms with Crippen LogP contribution in [0, 0.1) is 0 Å². The number of hydrogen-bond acceptors (Lipinski definition) is 4. The molecule has 4 nitrogen and oxygen atoms in total. The number of carboxylic acid groups (broad SMARTS) is 2. The molecule has 0 aromatic heterocycles. The zero-order valence-corrected chi connectivity index (χ0v) is 18.8. The van der Waals surface area contributed by atoms with Crippen molar-refractivity contribution in [1.29, 1.82) is 0 Å². The van der Waals surface area contributed by atoms with Gasteiger partial charge in [0.1, 0.15) is 0 Å². The Morgan fingerprint density at radius 2 is 0.960 bits per heavy atom. The van der Waals surface area contributed by atoms with E-state index in [0.717, 1.165) is 25.7 Å². The van der Waals surface area contributed by atoms with E-state index in [4.69, 9.17) is 0 Å². The molecule has 25 heavy (non-hydrogen) atoms. The van der Waals surface area contributed by atoms with Crippen molar-refractivity contribution in [2.75, 3.05) is 0 Å². The van der Waals surface area contributed by atoms with E-state index in [9.17, 15) is 19.8 Å². The maximum absolute atomic E-state index is 10.4. The smallest absolute Gasteiger partial charge is 0.545 e. The molecule has 0 aliphatic rings. The van der Waals surface area contributed by atoms with Crippen LogP contribution in [0.4, 0.5) is 0 Å².